The maximum atomic E-state index is 11.0. The maximum absolute atomic E-state index is 11.0. The molecule has 0 aliphatic rings. The highest BCUT2D eigenvalue weighted by Gasteiger charge is 2.37. The van der Waals surface area contributed by atoms with Crippen LogP contribution in [0.2, 0.25) is 5.02 Å². The lowest BCUT2D eigenvalue weighted by Crippen LogP contribution is -2.36. The Morgan fingerprint density at radius 2 is 2.19 bits per heavy atom. The van der Waals surface area contributed by atoms with Gasteiger partial charge in [-0.25, -0.2) is 0 Å². The fourth-order valence-corrected chi connectivity index (χ4v) is 2.01. The Kier molecular flexibility index (Phi) is 3.94. The number of carbonyl (C=O) groups is 1. The van der Waals surface area contributed by atoms with Gasteiger partial charge < -0.3 is 10.2 Å². The molecule has 1 rings (SSSR count). The second kappa shape index (κ2) is 4.85. The molecule has 0 aromatic heterocycles. The maximum Gasteiger partial charge on any atom is 0.309 e. The van der Waals surface area contributed by atoms with Crippen molar-refractivity contribution in [3.8, 4) is 0 Å². The summed E-state index contributed by atoms with van der Waals surface area (Å²) in [5, 5.41) is 19.8. The van der Waals surface area contributed by atoms with Crippen LogP contribution in [0.5, 0.6) is 0 Å². The van der Waals surface area contributed by atoms with E-state index in [0.29, 0.717) is 17.0 Å². The van der Waals surface area contributed by atoms with Crippen molar-refractivity contribution in [2.75, 3.05) is 0 Å². The normalized spacial score (nSPS) is 16.5. The molecule has 0 radical (unpaired) electrons. The van der Waals surface area contributed by atoms with Crippen molar-refractivity contribution in [3.63, 3.8) is 0 Å². The summed E-state index contributed by atoms with van der Waals surface area (Å²) in [7, 11) is 0. The van der Waals surface area contributed by atoms with Gasteiger partial charge in [0.05, 0.1) is 5.92 Å². The SMILES string of the molecule is CCC(C(=O)O)C(C)(O)c1cccc(Cl)c1. The molecule has 2 unspecified atom stereocenters. The van der Waals surface area contributed by atoms with Gasteiger partial charge in [0, 0.05) is 5.02 Å². The van der Waals surface area contributed by atoms with Gasteiger partial charge in [0.1, 0.15) is 5.60 Å². The van der Waals surface area contributed by atoms with Crippen LogP contribution >= 0.6 is 11.6 Å². The van der Waals surface area contributed by atoms with E-state index >= 15 is 0 Å². The predicted molar refractivity (Wildman–Crippen MR) is 62.4 cm³/mol. The van der Waals surface area contributed by atoms with Crippen LogP contribution in [0, 0.1) is 5.92 Å². The van der Waals surface area contributed by atoms with Gasteiger partial charge in [-0.3, -0.25) is 4.79 Å². The first-order valence-corrected chi connectivity index (χ1v) is 5.48. The van der Waals surface area contributed by atoms with Gasteiger partial charge in [-0.15, -0.1) is 0 Å². The van der Waals surface area contributed by atoms with Crippen molar-refractivity contribution >= 4 is 17.6 Å². The average molecular weight is 243 g/mol. The molecule has 0 aliphatic heterocycles. The number of benzene rings is 1. The molecular weight excluding hydrogens is 228 g/mol. The molecule has 2 atom stereocenters. The van der Waals surface area contributed by atoms with E-state index in [1.54, 1.807) is 31.2 Å². The number of carboxylic acids is 1. The van der Waals surface area contributed by atoms with E-state index in [9.17, 15) is 9.90 Å². The van der Waals surface area contributed by atoms with Crippen molar-refractivity contribution in [2.45, 2.75) is 25.9 Å². The predicted octanol–water partition coefficient (Wildman–Crippen LogP) is 2.66. The minimum Gasteiger partial charge on any atom is -0.481 e. The largest absolute Gasteiger partial charge is 0.481 e. The molecule has 0 saturated carbocycles. The fraction of sp³-hybridized carbons (Fsp3) is 0.417. The van der Waals surface area contributed by atoms with E-state index in [2.05, 4.69) is 0 Å². The zero-order valence-electron chi connectivity index (χ0n) is 9.27. The molecule has 0 aliphatic carbocycles. The third kappa shape index (κ3) is 2.54. The Bertz CT molecular complexity index is 388. The summed E-state index contributed by atoms with van der Waals surface area (Å²) in [5.74, 6) is -1.85. The molecule has 0 heterocycles. The van der Waals surface area contributed by atoms with E-state index in [1.165, 1.54) is 6.92 Å². The monoisotopic (exact) mass is 242 g/mol. The highest BCUT2D eigenvalue weighted by Crippen LogP contribution is 2.32. The molecule has 0 saturated heterocycles. The van der Waals surface area contributed by atoms with Crippen molar-refractivity contribution in [1.82, 2.24) is 0 Å². The Morgan fingerprint density at radius 3 is 2.62 bits per heavy atom. The summed E-state index contributed by atoms with van der Waals surface area (Å²) in [4.78, 5) is 11.0. The number of hydrogen-bond donors (Lipinski definition) is 2. The molecule has 1 aromatic carbocycles. The minimum absolute atomic E-state index is 0.356. The van der Waals surface area contributed by atoms with Crippen LogP contribution in [0.3, 0.4) is 0 Å². The van der Waals surface area contributed by atoms with Crippen LogP contribution in [0.1, 0.15) is 25.8 Å². The molecule has 0 bridgehead atoms. The van der Waals surface area contributed by atoms with Gasteiger partial charge in [0.2, 0.25) is 0 Å². The van der Waals surface area contributed by atoms with E-state index in [4.69, 9.17) is 16.7 Å². The van der Waals surface area contributed by atoms with Gasteiger partial charge in [0.25, 0.3) is 0 Å². The van der Waals surface area contributed by atoms with Crippen LogP contribution in [0.4, 0.5) is 0 Å². The van der Waals surface area contributed by atoms with Crippen LogP contribution < -0.4 is 0 Å². The quantitative estimate of drug-likeness (QED) is 0.854. The third-order valence-corrected chi connectivity index (χ3v) is 3.03. The van der Waals surface area contributed by atoms with E-state index < -0.39 is 17.5 Å². The van der Waals surface area contributed by atoms with Gasteiger partial charge in [-0.2, -0.15) is 0 Å². The molecular formula is C12H15ClO3. The zero-order chi connectivity index (χ0) is 12.3. The lowest BCUT2D eigenvalue weighted by molar-refractivity contribution is -0.152. The number of rotatable bonds is 4. The lowest BCUT2D eigenvalue weighted by Gasteiger charge is -2.29. The first kappa shape index (κ1) is 13.0. The van der Waals surface area contributed by atoms with Gasteiger partial charge in [-0.05, 0) is 31.0 Å². The van der Waals surface area contributed by atoms with E-state index in [-0.39, 0.29) is 0 Å². The standard InChI is InChI=1S/C12H15ClO3/c1-3-10(11(14)15)12(2,16)8-5-4-6-9(13)7-8/h4-7,10,16H,3H2,1-2H3,(H,14,15). The molecule has 16 heavy (non-hydrogen) atoms. The number of carboxylic acid groups (broad SMARTS) is 1. The molecule has 0 fully saturated rings. The molecule has 4 heteroatoms. The summed E-state index contributed by atoms with van der Waals surface area (Å²) in [6, 6.07) is 6.65. The molecule has 1 aromatic rings. The van der Waals surface area contributed by atoms with Crippen molar-refractivity contribution < 1.29 is 15.0 Å². The molecule has 0 amide bonds. The first-order chi connectivity index (χ1) is 7.39. The van der Waals surface area contributed by atoms with Crippen LogP contribution in [0.15, 0.2) is 24.3 Å². The molecule has 88 valence electrons. The Hall–Kier alpha value is -1.06. The van der Waals surface area contributed by atoms with Crippen molar-refractivity contribution in [1.29, 1.82) is 0 Å². The minimum atomic E-state index is -1.41. The third-order valence-electron chi connectivity index (χ3n) is 2.79. The smallest absolute Gasteiger partial charge is 0.309 e. The number of hydrogen-bond acceptors (Lipinski definition) is 2. The van der Waals surface area contributed by atoms with Crippen LogP contribution in [-0.2, 0) is 10.4 Å². The summed E-state index contributed by atoms with van der Waals surface area (Å²) >= 11 is 5.82. The van der Waals surface area contributed by atoms with Gasteiger partial charge in [-0.1, -0.05) is 30.7 Å². The highest BCUT2D eigenvalue weighted by atomic mass is 35.5. The second-order valence-electron chi connectivity index (χ2n) is 3.96. The number of halogens is 1. The molecule has 2 N–H and O–H groups in total. The van der Waals surface area contributed by atoms with Crippen LogP contribution in [-0.4, -0.2) is 16.2 Å². The first-order valence-electron chi connectivity index (χ1n) is 5.10. The number of aliphatic hydroxyl groups is 1. The van der Waals surface area contributed by atoms with Crippen molar-refractivity contribution in [3.05, 3.63) is 34.9 Å². The number of aliphatic carboxylic acids is 1. The Morgan fingerprint density at radius 1 is 1.56 bits per heavy atom. The van der Waals surface area contributed by atoms with Gasteiger partial charge >= 0.3 is 5.97 Å². The summed E-state index contributed by atoms with van der Waals surface area (Å²) < 4.78 is 0. The molecule has 0 spiro atoms. The van der Waals surface area contributed by atoms with E-state index in [1.807, 2.05) is 0 Å². The Labute approximate surface area is 99.7 Å². The lowest BCUT2D eigenvalue weighted by atomic mass is 9.81. The second-order valence-corrected chi connectivity index (χ2v) is 4.39. The van der Waals surface area contributed by atoms with Gasteiger partial charge in [0.15, 0.2) is 0 Å². The average Bonchev–Trinajstić information content (AvgIpc) is 2.17. The topological polar surface area (TPSA) is 57.5 Å². The molecule has 3 nitrogen and oxygen atoms in total. The highest BCUT2D eigenvalue weighted by molar-refractivity contribution is 6.30. The fourth-order valence-electron chi connectivity index (χ4n) is 1.82. The Balaban J connectivity index is 3.13. The zero-order valence-corrected chi connectivity index (χ0v) is 10.0. The summed E-state index contributed by atoms with van der Waals surface area (Å²) in [6.07, 6.45) is 0.356. The summed E-state index contributed by atoms with van der Waals surface area (Å²) in [6.45, 7) is 3.23. The van der Waals surface area contributed by atoms with Crippen molar-refractivity contribution in [2.24, 2.45) is 5.92 Å². The van der Waals surface area contributed by atoms with E-state index in [0.717, 1.165) is 0 Å². The summed E-state index contributed by atoms with van der Waals surface area (Å²) in [5.41, 5.74) is -0.889. The van der Waals surface area contributed by atoms with Crippen LogP contribution in [0.25, 0.3) is 0 Å².